The molecule has 0 saturated heterocycles. The van der Waals surface area contributed by atoms with Crippen molar-refractivity contribution >= 4 is 44.7 Å². The number of aromatic amines is 1. The van der Waals surface area contributed by atoms with Gasteiger partial charge in [0.25, 0.3) is 11.2 Å². The van der Waals surface area contributed by atoms with Gasteiger partial charge in [-0.25, -0.2) is 4.98 Å². The summed E-state index contributed by atoms with van der Waals surface area (Å²) in [6, 6.07) is 11.7. The van der Waals surface area contributed by atoms with Crippen LogP contribution < -0.4 is 5.56 Å². The smallest absolute Gasteiger partial charge is 0.270 e. The van der Waals surface area contributed by atoms with Crippen molar-refractivity contribution in [3.63, 3.8) is 0 Å². The first-order valence-electron chi connectivity index (χ1n) is 6.65. The van der Waals surface area contributed by atoms with Gasteiger partial charge in [-0.3, -0.25) is 14.9 Å². The molecule has 0 saturated carbocycles. The third kappa shape index (κ3) is 3.35. The Morgan fingerprint density at radius 3 is 2.57 bits per heavy atom. The topological polar surface area (TPSA) is 88.9 Å². The quantitative estimate of drug-likeness (QED) is 0.560. The lowest BCUT2D eigenvalue weighted by atomic mass is 10.2. The zero-order chi connectivity index (χ0) is 16.4. The zero-order valence-electron chi connectivity index (χ0n) is 11.7. The Hall–Kier alpha value is -2.80. The van der Waals surface area contributed by atoms with Crippen molar-refractivity contribution in [2.75, 3.05) is 0 Å². The number of nitro benzene ring substituents is 1. The van der Waals surface area contributed by atoms with Gasteiger partial charge in [-0.2, -0.15) is 0 Å². The van der Waals surface area contributed by atoms with Crippen LogP contribution in [0.3, 0.4) is 0 Å². The van der Waals surface area contributed by atoms with Crippen LogP contribution in [0.25, 0.3) is 23.1 Å². The van der Waals surface area contributed by atoms with Gasteiger partial charge in [0, 0.05) is 16.6 Å². The lowest BCUT2D eigenvalue weighted by Crippen LogP contribution is -2.10. The van der Waals surface area contributed by atoms with Crippen LogP contribution in [-0.4, -0.2) is 14.9 Å². The maximum absolute atomic E-state index is 12.1. The van der Waals surface area contributed by atoms with E-state index in [-0.39, 0.29) is 11.1 Å². The molecule has 2 aromatic carbocycles. The minimum absolute atomic E-state index is 0.136. The summed E-state index contributed by atoms with van der Waals surface area (Å²) in [5.74, 6) is 0.388. The van der Waals surface area contributed by atoms with Crippen molar-refractivity contribution in [3.8, 4) is 0 Å². The molecule has 0 unspecified atom stereocenters. The van der Waals surface area contributed by atoms with E-state index in [9.17, 15) is 14.9 Å². The molecule has 114 valence electrons. The standard InChI is InChI=1S/C16H10BrN3O3/c17-11-4-1-10(2-5-11)3-8-15-18-14-7-6-12(20(22)23)9-13(14)16(21)19-15/h1-9H,(H,18,19,21)/b8-3+. The van der Waals surface area contributed by atoms with Gasteiger partial charge in [0.1, 0.15) is 5.82 Å². The number of nitrogens with one attached hydrogen (secondary N) is 1. The van der Waals surface area contributed by atoms with Crippen LogP contribution in [0.1, 0.15) is 11.4 Å². The lowest BCUT2D eigenvalue weighted by Gasteiger charge is -1.99. The maximum Gasteiger partial charge on any atom is 0.270 e. The fourth-order valence-electron chi connectivity index (χ4n) is 2.09. The van der Waals surface area contributed by atoms with Crippen LogP contribution in [-0.2, 0) is 0 Å². The average Bonchev–Trinajstić information content (AvgIpc) is 2.54. The van der Waals surface area contributed by atoms with Gasteiger partial charge in [0.15, 0.2) is 0 Å². The first kappa shape index (κ1) is 15.1. The van der Waals surface area contributed by atoms with Gasteiger partial charge in [0.05, 0.1) is 15.8 Å². The summed E-state index contributed by atoms with van der Waals surface area (Å²) in [5.41, 5.74) is 0.826. The molecule has 23 heavy (non-hydrogen) atoms. The Morgan fingerprint density at radius 2 is 1.87 bits per heavy atom. The van der Waals surface area contributed by atoms with Crippen LogP contribution in [0.5, 0.6) is 0 Å². The van der Waals surface area contributed by atoms with Crippen molar-refractivity contribution in [1.82, 2.24) is 9.97 Å². The monoisotopic (exact) mass is 371 g/mol. The molecule has 0 fully saturated rings. The van der Waals surface area contributed by atoms with E-state index in [0.717, 1.165) is 10.0 Å². The van der Waals surface area contributed by atoms with Gasteiger partial charge in [-0.15, -0.1) is 0 Å². The number of nitro groups is 1. The third-order valence-electron chi connectivity index (χ3n) is 3.22. The number of rotatable bonds is 3. The SMILES string of the molecule is O=c1[nH]c(/C=C/c2ccc(Br)cc2)nc2ccc([N+](=O)[O-])cc12. The largest absolute Gasteiger partial charge is 0.306 e. The van der Waals surface area contributed by atoms with Gasteiger partial charge in [0.2, 0.25) is 0 Å². The van der Waals surface area contributed by atoms with E-state index in [1.807, 2.05) is 30.3 Å². The molecule has 3 aromatic rings. The molecule has 3 rings (SSSR count). The highest BCUT2D eigenvalue weighted by molar-refractivity contribution is 9.10. The lowest BCUT2D eigenvalue weighted by molar-refractivity contribution is -0.384. The van der Waals surface area contributed by atoms with Crippen molar-refractivity contribution in [3.05, 3.63) is 78.8 Å². The number of fused-ring (bicyclic) bond motifs is 1. The van der Waals surface area contributed by atoms with Crippen LogP contribution >= 0.6 is 15.9 Å². The Morgan fingerprint density at radius 1 is 1.13 bits per heavy atom. The summed E-state index contributed by atoms with van der Waals surface area (Å²) in [7, 11) is 0. The van der Waals surface area contributed by atoms with Gasteiger partial charge in [-0.05, 0) is 29.8 Å². The molecule has 7 heteroatoms. The van der Waals surface area contributed by atoms with Crippen molar-refractivity contribution in [2.24, 2.45) is 0 Å². The molecule has 0 bridgehead atoms. The van der Waals surface area contributed by atoms with E-state index in [1.54, 1.807) is 6.08 Å². The summed E-state index contributed by atoms with van der Waals surface area (Å²) in [6.45, 7) is 0. The molecule has 0 atom stereocenters. The van der Waals surface area contributed by atoms with Crippen LogP contribution in [0.15, 0.2) is 51.7 Å². The van der Waals surface area contributed by atoms with Crippen molar-refractivity contribution < 1.29 is 4.92 Å². The molecule has 0 aliphatic rings. The van der Waals surface area contributed by atoms with E-state index < -0.39 is 10.5 Å². The van der Waals surface area contributed by atoms with E-state index in [2.05, 4.69) is 25.9 Å². The molecule has 6 nitrogen and oxygen atoms in total. The number of aromatic nitrogens is 2. The molecular weight excluding hydrogens is 362 g/mol. The fraction of sp³-hybridized carbons (Fsp3) is 0. The predicted octanol–water partition coefficient (Wildman–Crippen LogP) is 3.76. The summed E-state index contributed by atoms with van der Waals surface area (Å²) < 4.78 is 0.980. The number of hydrogen-bond acceptors (Lipinski definition) is 4. The Labute approximate surface area is 138 Å². The normalized spacial score (nSPS) is 11.2. The highest BCUT2D eigenvalue weighted by atomic mass is 79.9. The van der Waals surface area contributed by atoms with E-state index >= 15 is 0 Å². The minimum Gasteiger partial charge on any atom is -0.306 e. The summed E-state index contributed by atoms with van der Waals surface area (Å²) in [4.78, 5) is 29.2. The second-order valence-electron chi connectivity index (χ2n) is 4.79. The summed E-state index contributed by atoms with van der Waals surface area (Å²) in [6.07, 6.45) is 3.51. The average molecular weight is 372 g/mol. The Balaban J connectivity index is 1.99. The molecular formula is C16H10BrN3O3. The predicted molar refractivity (Wildman–Crippen MR) is 92.1 cm³/mol. The third-order valence-corrected chi connectivity index (χ3v) is 3.75. The van der Waals surface area contributed by atoms with E-state index in [1.165, 1.54) is 18.2 Å². The van der Waals surface area contributed by atoms with Crippen molar-refractivity contribution in [1.29, 1.82) is 0 Å². The first-order valence-corrected chi connectivity index (χ1v) is 7.44. The second-order valence-corrected chi connectivity index (χ2v) is 5.71. The number of nitrogens with zero attached hydrogens (tertiary/aromatic N) is 2. The molecule has 0 amide bonds. The highest BCUT2D eigenvalue weighted by Gasteiger charge is 2.09. The Bertz CT molecular complexity index is 978. The number of halogens is 1. The van der Waals surface area contributed by atoms with Crippen LogP contribution in [0.2, 0.25) is 0 Å². The van der Waals surface area contributed by atoms with E-state index in [0.29, 0.717) is 11.3 Å². The molecule has 0 radical (unpaired) electrons. The number of benzene rings is 2. The van der Waals surface area contributed by atoms with Gasteiger partial charge >= 0.3 is 0 Å². The summed E-state index contributed by atoms with van der Waals surface area (Å²) in [5, 5.41) is 11.0. The van der Waals surface area contributed by atoms with E-state index in [4.69, 9.17) is 0 Å². The minimum atomic E-state index is -0.541. The fourth-order valence-corrected chi connectivity index (χ4v) is 2.35. The maximum atomic E-state index is 12.1. The van der Waals surface area contributed by atoms with Gasteiger partial charge in [-0.1, -0.05) is 34.1 Å². The first-order chi connectivity index (χ1) is 11.0. The summed E-state index contributed by atoms with van der Waals surface area (Å²) >= 11 is 3.36. The van der Waals surface area contributed by atoms with Crippen molar-refractivity contribution in [2.45, 2.75) is 0 Å². The zero-order valence-corrected chi connectivity index (χ0v) is 13.3. The highest BCUT2D eigenvalue weighted by Crippen LogP contribution is 2.17. The molecule has 1 aromatic heterocycles. The Kier molecular flexibility index (Phi) is 4.03. The van der Waals surface area contributed by atoms with Crippen LogP contribution in [0, 0.1) is 10.1 Å². The molecule has 0 spiro atoms. The molecule has 1 heterocycles. The molecule has 1 N–H and O–H groups in total. The number of non-ortho nitro benzene ring substituents is 1. The number of hydrogen-bond donors (Lipinski definition) is 1. The second kappa shape index (κ2) is 6.13. The van der Waals surface area contributed by atoms with Crippen LogP contribution in [0.4, 0.5) is 5.69 Å². The number of H-pyrrole nitrogens is 1. The molecule has 0 aliphatic carbocycles. The van der Waals surface area contributed by atoms with Gasteiger partial charge < -0.3 is 4.98 Å². The molecule has 0 aliphatic heterocycles.